The molecule has 0 amide bonds. The van der Waals surface area contributed by atoms with Gasteiger partial charge >= 0.3 is 0 Å². The van der Waals surface area contributed by atoms with Crippen LogP contribution in [0.3, 0.4) is 0 Å². The van der Waals surface area contributed by atoms with E-state index in [0.717, 1.165) is 0 Å². The monoisotopic (exact) mass is 109 g/mol. The van der Waals surface area contributed by atoms with Crippen molar-refractivity contribution in [3.8, 4) is 24.2 Å². The first-order valence-corrected chi connectivity index (χ1v) is 2.12. The van der Waals surface area contributed by atoms with Gasteiger partial charge in [0.05, 0.1) is 6.42 Å². The SMILES string of the molecule is C#CCC#CCON. The topological polar surface area (TPSA) is 35.2 Å². The van der Waals surface area contributed by atoms with E-state index in [1.165, 1.54) is 0 Å². The summed E-state index contributed by atoms with van der Waals surface area (Å²) in [5.41, 5.74) is 0. The molecule has 2 heteroatoms. The third-order valence-corrected chi connectivity index (χ3v) is 0.471. The molecule has 0 rings (SSSR count). The van der Waals surface area contributed by atoms with Crippen LogP contribution in [0.5, 0.6) is 0 Å². The Kier molecular flexibility index (Phi) is 5.32. The Morgan fingerprint density at radius 2 is 2.25 bits per heavy atom. The van der Waals surface area contributed by atoms with Crippen molar-refractivity contribution in [3.63, 3.8) is 0 Å². The van der Waals surface area contributed by atoms with E-state index in [0.29, 0.717) is 6.42 Å². The number of terminal acetylenes is 1. The number of nitrogens with two attached hydrogens (primary N) is 1. The lowest BCUT2D eigenvalue weighted by Gasteiger charge is -1.79. The van der Waals surface area contributed by atoms with E-state index >= 15 is 0 Å². The predicted octanol–water partition coefficient (Wildman–Crippen LogP) is -0.0966. The van der Waals surface area contributed by atoms with Crippen molar-refractivity contribution >= 4 is 0 Å². The van der Waals surface area contributed by atoms with Gasteiger partial charge in [0, 0.05) is 0 Å². The normalized spacial score (nSPS) is 6.50. The second kappa shape index (κ2) is 6.04. The highest BCUT2D eigenvalue weighted by molar-refractivity contribution is 5.07. The summed E-state index contributed by atoms with van der Waals surface area (Å²) in [5.74, 6) is 12.3. The Bertz CT molecular complexity index is 135. The van der Waals surface area contributed by atoms with E-state index in [-0.39, 0.29) is 6.61 Å². The van der Waals surface area contributed by atoms with E-state index in [4.69, 9.17) is 6.42 Å². The number of hydrogen-bond donors (Lipinski definition) is 1. The lowest BCUT2D eigenvalue weighted by atomic mass is 10.4. The summed E-state index contributed by atoms with van der Waals surface area (Å²) in [6.07, 6.45) is 5.35. The molecule has 0 fully saturated rings. The standard InChI is InChI=1S/C6H7NO/c1-2-3-4-5-6-8-7/h1H,3,6-7H2. The molecule has 42 valence electrons. The van der Waals surface area contributed by atoms with Gasteiger partial charge in [-0.25, -0.2) is 5.90 Å². The molecule has 8 heavy (non-hydrogen) atoms. The minimum Gasteiger partial charge on any atom is -0.292 e. The van der Waals surface area contributed by atoms with E-state index in [1.54, 1.807) is 0 Å². The zero-order chi connectivity index (χ0) is 6.24. The van der Waals surface area contributed by atoms with E-state index in [1.807, 2.05) is 0 Å². The highest BCUT2D eigenvalue weighted by Gasteiger charge is 1.66. The molecular formula is C6H7NO. The molecule has 0 aromatic rings. The number of rotatable bonds is 1. The van der Waals surface area contributed by atoms with Gasteiger partial charge in [0.1, 0.15) is 6.61 Å². The Balaban J connectivity index is 3.11. The minimum atomic E-state index is 0.252. The molecule has 0 aromatic heterocycles. The zero-order valence-electron chi connectivity index (χ0n) is 4.48. The molecule has 2 N–H and O–H groups in total. The molecule has 0 radical (unpaired) electrons. The predicted molar refractivity (Wildman–Crippen MR) is 31.4 cm³/mol. The molecule has 0 bridgehead atoms. The van der Waals surface area contributed by atoms with Gasteiger partial charge in [0.2, 0.25) is 0 Å². The Morgan fingerprint density at radius 3 is 2.75 bits per heavy atom. The number of hydrogen-bond acceptors (Lipinski definition) is 2. The Hall–Kier alpha value is -0.960. The Morgan fingerprint density at radius 1 is 1.50 bits per heavy atom. The average molecular weight is 109 g/mol. The van der Waals surface area contributed by atoms with Gasteiger partial charge < -0.3 is 0 Å². The molecule has 0 saturated carbocycles. The third kappa shape index (κ3) is 5.04. The molecule has 0 atom stereocenters. The molecule has 0 aliphatic rings. The van der Waals surface area contributed by atoms with Crippen molar-refractivity contribution in [1.82, 2.24) is 0 Å². The van der Waals surface area contributed by atoms with Crippen molar-refractivity contribution in [2.24, 2.45) is 5.90 Å². The lowest BCUT2D eigenvalue weighted by molar-refractivity contribution is 0.173. The molecular weight excluding hydrogens is 102 g/mol. The first-order chi connectivity index (χ1) is 3.91. The van der Waals surface area contributed by atoms with E-state index < -0.39 is 0 Å². The molecule has 0 spiro atoms. The first-order valence-electron chi connectivity index (χ1n) is 2.12. The third-order valence-electron chi connectivity index (χ3n) is 0.471. The molecule has 2 nitrogen and oxygen atoms in total. The maximum Gasteiger partial charge on any atom is 0.128 e. The highest BCUT2D eigenvalue weighted by atomic mass is 16.6. The molecule has 0 saturated heterocycles. The van der Waals surface area contributed by atoms with Crippen LogP contribution in [-0.4, -0.2) is 6.61 Å². The second-order valence-corrected chi connectivity index (χ2v) is 1.05. The van der Waals surface area contributed by atoms with Crippen LogP contribution in [0.4, 0.5) is 0 Å². The fourth-order valence-corrected chi connectivity index (χ4v) is 0.206. The summed E-state index contributed by atoms with van der Waals surface area (Å²) in [5, 5.41) is 0. The molecule has 0 heterocycles. The smallest absolute Gasteiger partial charge is 0.128 e. The largest absolute Gasteiger partial charge is 0.292 e. The van der Waals surface area contributed by atoms with Crippen molar-refractivity contribution < 1.29 is 4.84 Å². The van der Waals surface area contributed by atoms with Crippen LogP contribution in [0.25, 0.3) is 0 Å². The molecule has 0 aliphatic carbocycles. The van der Waals surface area contributed by atoms with Crippen LogP contribution in [0.1, 0.15) is 6.42 Å². The Labute approximate surface area is 49.0 Å². The van der Waals surface area contributed by atoms with Gasteiger partial charge in [0.25, 0.3) is 0 Å². The molecule has 0 aliphatic heterocycles. The van der Waals surface area contributed by atoms with Crippen LogP contribution in [0.15, 0.2) is 0 Å². The van der Waals surface area contributed by atoms with E-state index in [2.05, 4.69) is 28.5 Å². The summed E-state index contributed by atoms with van der Waals surface area (Å²) in [4.78, 5) is 4.15. The quantitative estimate of drug-likeness (QED) is 0.377. The van der Waals surface area contributed by atoms with Gasteiger partial charge in [-0.1, -0.05) is 17.8 Å². The summed E-state index contributed by atoms with van der Waals surface area (Å²) < 4.78 is 0. The lowest BCUT2D eigenvalue weighted by Crippen LogP contribution is -1.97. The second-order valence-electron chi connectivity index (χ2n) is 1.05. The summed E-state index contributed by atoms with van der Waals surface area (Å²) in [6, 6.07) is 0. The van der Waals surface area contributed by atoms with E-state index in [9.17, 15) is 0 Å². The van der Waals surface area contributed by atoms with Crippen LogP contribution < -0.4 is 5.90 Å². The van der Waals surface area contributed by atoms with Gasteiger partial charge in [-0.15, -0.1) is 6.42 Å². The van der Waals surface area contributed by atoms with Crippen LogP contribution in [0.2, 0.25) is 0 Å². The van der Waals surface area contributed by atoms with Crippen molar-refractivity contribution in [1.29, 1.82) is 0 Å². The fourth-order valence-electron chi connectivity index (χ4n) is 0.206. The summed E-state index contributed by atoms with van der Waals surface area (Å²) in [7, 11) is 0. The van der Waals surface area contributed by atoms with Crippen LogP contribution in [-0.2, 0) is 4.84 Å². The van der Waals surface area contributed by atoms with Gasteiger partial charge in [-0.3, -0.25) is 4.84 Å². The highest BCUT2D eigenvalue weighted by Crippen LogP contribution is 1.66. The van der Waals surface area contributed by atoms with Crippen LogP contribution >= 0.6 is 0 Å². The molecule has 0 unspecified atom stereocenters. The van der Waals surface area contributed by atoms with Crippen LogP contribution in [0, 0.1) is 24.2 Å². The maximum absolute atomic E-state index is 4.89. The molecule has 0 aromatic carbocycles. The van der Waals surface area contributed by atoms with Gasteiger partial charge in [-0.2, -0.15) is 0 Å². The first kappa shape index (κ1) is 7.04. The maximum atomic E-state index is 4.89. The van der Waals surface area contributed by atoms with Crippen molar-refractivity contribution in [2.75, 3.05) is 6.61 Å². The summed E-state index contributed by atoms with van der Waals surface area (Å²) in [6.45, 7) is 0.252. The minimum absolute atomic E-state index is 0.252. The van der Waals surface area contributed by atoms with Gasteiger partial charge in [0.15, 0.2) is 0 Å². The fraction of sp³-hybridized carbons (Fsp3) is 0.333. The zero-order valence-corrected chi connectivity index (χ0v) is 4.48. The average Bonchev–Trinajstić information content (AvgIpc) is 1.81. The van der Waals surface area contributed by atoms with Crippen molar-refractivity contribution in [2.45, 2.75) is 6.42 Å². The van der Waals surface area contributed by atoms with Gasteiger partial charge in [-0.05, 0) is 0 Å². The summed E-state index contributed by atoms with van der Waals surface area (Å²) >= 11 is 0. The van der Waals surface area contributed by atoms with Crippen molar-refractivity contribution in [3.05, 3.63) is 0 Å².